The third-order valence-electron chi connectivity index (χ3n) is 17.7. The van der Waals surface area contributed by atoms with Crippen molar-refractivity contribution in [3.8, 4) is 11.6 Å². The molecule has 78 heavy (non-hydrogen) atoms. The lowest BCUT2D eigenvalue weighted by atomic mass is 9.49. The molecule has 3 aliphatic rings. The molecule has 0 saturated carbocycles. The molecule has 7 heterocycles. The number of benzene rings is 2. The summed E-state index contributed by atoms with van der Waals surface area (Å²) >= 11 is 3.62. The zero-order chi connectivity index (χ0) is 58.2. The van der Waals surface area contributed by atoms with Crippen molar-refractivity contribution in [2.45, 2.75) is 222 Å². The second kappa shape index (κ2) is 21.7. The van der Waals surface area contributed by atoms with Gasteiger partial charge in [0.2, 0.25) is 0 Å². The third-order valence-corrected chi connectivity index (χ3v) is 27.3. The van der Waals surface area contributed by atoms with Crippen molar-refractivity contribution in [3.63, 3.8) is 0 Å². The van der Waals surface area contributed by atoms with Gasteiger partial charge >= 0.3 is 21.1 Å². The number of pyridine rings is 2. The lowest BCUT2D eigenvalue weighted by Crippen LogP contribution is -2.41. The molecule has 20 heteroatoms. The number of hydrogen-bond acceptors (Lipinski definition) is 12. The highest BCUT2D eigenvalue weighted by Gasteiger charge is 2.64. The molecule has 422 valence electrons. The molecule has 9 rings (SSSR count). The maximum Gasteiger partial charge on any atom is 0.495 e. The number of rotatable bonds is 10. The molecule has 2 aromatic carbocycles. The van der Waals surface area contributed by atoms with Gasteiger partial charge in [0.25, 0.3) is 0 Å². The summed E-state index contributed by atoms with van der Waals surface area (Å²) in [6, 6.07) is 20.5. The van der Waals surface area contributed by atoms with Crippen molar-refractivity contribution in [3.05, 3.63) is 100 Å². The highest BCUT2D eigenvalue weighted by atomic mass is 79.9. The second-order valence-corrected chi connectivity index (χ2v) is 38.0. The van der Waals surface area contributed by atoms with Crippen LogP contribution in [0.25, 0.3) is 33.4 Å². The molecule has 0 unspecified atom stereocenters. The molecule has 0 amide bonds. The van der Waals surface area contributed by atoms with Crippen LogP contribution in [0.4, 0.5) is 0 Å². The Morgan fingerprint density at radius 1 is 0.513 bits per heavy atom. The first-order valence-corrected chi connectivity index (χ1v) is 34.1. The molecule has 0 spiro atoms. The van der Waals surface area contributed by atoms with Crippen LogP contribution in [0.1, 0.15) is 147 Å². The van der Waals surface area contributed by atoms with Crippen molar-refractivity contribution >= 4 is 81.0 Å². The Morgan fingerprint density at radius 2 is 0.859 bits per heavy atom. The Kier molecular flexibility index (Phi) is 17.2. The second-order valence-electron chi connectivity index (χ2n) is 27.5. The van der Waals surface area contributed by atoms with Crippen LogP contribution in [-0.4, -0.2) is 101 Å². The molecule has 0 aliphatic carbocycles. The fourth-order valence-electron chi connectivity index (χ4n) is 8.32. The van der Waals surface area contributed by atoms with Gasteiger partial charge in [-0.2, -0.15) is 10.2 Å². The number of fused-ring (bicyclic) bond motifs is 2. The first-order valence-electron chi connectivity index (χ1n) is 27.5. The van der Waals surface area contributed by atoms with Gasteiger partial charge in [0.15, 0.2) is 28.3 Å². The average molecular weight is 1170 g/mol. The Balaban J connectivity index is 0.000000178. The van der Waals surface area contributed by atoms with Crippen LogP contribution < -0.4 is 5.46 Å². The van der Waals surface area contributed by atoms with E-state index in [4.69, 9.17) is 51.8 Å². The van der Waals surface area contributed by atoms with E-state index in [1.165, 1.54) is 5.56 Å². The van der Waals surface area contributed by atoms with Gasteiger partial charge in [0.1, 0.15) is 0 Å². The highest BCUT2D eigenvalue weighted by Crippen LogP contribution is 2.44. The van der Waals surface area contributed by atoms with E-state index in [-0.39, 0.29) is 32.5 Å². The number of aryl methyl sites for hydroxylation is 2. The SMILES string of the molecule is CC1(C)OB(B2OC(C)(C)C(C)(C)O2)OC1(C)C.Cc1cc(B2OC(C)(C)C(C)(C)O2)c2cnn(-c3cccc(CO[Si](C)(C)C(C)(C)C)n3)c2c1.Cc1cc(Br)c2cnn(-c3cccc(CO[Si](C)(C)C(C)(C)C)n3)c2c1. The molecule has 3 aliphatic heterocycles. The maximum atomic E-state index is 6.40. The van der Waals surface area contributed by atoms with Crippen LogP contribution >= 0.6 is 15.9 Å². The lowest BCUT2D eigenvalue weighted by molar-refractivity contribution is 0.00578. The zero-order valence-corrected chi connectivity index (χ0v) is 55.0. The minimum atomic E-state index is -1.86. The largest absolute Gasteiger partial charge is 0.495 e. The molecule has 4 aromatic heterocycles. The number of hydrogen-bond donors (Lipinski definition) is 0. The first kappa shape index (κ1) is 62.1. The van der Waals surface area contributed by atoms with Crippen LogP contribution in [-0.2, 0) is 50.0 Å². The molecule has 0 atom stereocenters. The topological polar surface area (TPSA) is 135 Å². The van der Waals surface area contributed by atoms with E-state index in [1.807, 2.05) is 114 Å². The van der Waals surface area contributed by atoms with Gasteiger partial charge in [-0.15, -0.1) is 0 Å². The summed E-state index contributed by atoms with van der Waals surface area (Å²) in [6.07, 6.45) is 3.76. The summed E-state index contributed by atoms with van der Waals surface area (Å²) in [5.41, 5.74) is 4.94. The number of aromatic nitrogens is 6. The number of nitrogens with zero attached hydrogens (tertiary/aromatic N) is 6. The Hall–Kier alpha value is -3.53. The van der Waals surface area contributed by atoms with E-state index in [2.05, 4.69) is 155 Å². The standard InChI is InChI=1S/C26H38BN3O3Si.C20H26BrN3OSi.C12H24B2O4/c1-18-14-21(27-32-25(5,6)26(7,8)33-27)20-16-28-30(22(20)15-18)23-13-11-12-19(29-23)17-31-34(9,10)24(2,3)4;1-14-10-17(21)16-12-22-24(18(16)11-14)19-9-7-8-15(23-19)13-25-26(5,6)20(2,3)4;1-9(2)10(3,4)16-13(15-9)14-17-11(5,6)12(7,8)18-14/h11-16H,17H2,1-10H3;7-12H,13H2,1-6H3;1-8H3. The fourth-order valence-corrected chi connectivity index (χ4v) is 10.9. The summed E-state index contributed by atoms with van der Waals surface area (Å²) < 4.78 is 54.1. The van der Waals surface area contributed by atoms with Crippen molar-refractivity contribution in [1.82, 2.24) is 29.5 Å². The van der Waals surface area contributed by atoms with Crippen molar-refractivity contribution < 1.29 is 36.8 Å². The maximum absolute atomic E-state index is 6.40. The van der Waals surface area contributed by atoms with Crippen molar-refractivity contribution in [1.29, 1.82) is 0 Å². The number of halogens is 1. The van der Waals surface area contributed by atoms with Crippen molar-refractivity contribution in [2.75, 3.05) is 0 Å². The predicted octanol–water partition coefficient (Wildman–Crippen LogP) is 13.8. The van der Waals surface area contributed by atoms with E-state index < -0.39 is 49.0 Å². The van der Waals surface area contributed by atoms with Crippen LogP contribution in [0.2, 0.25) is 36.3 Å². The van der Waals surface area contributed by atoms with Gasteiger partial charge in [0, 0.05) is 15.2 Å². The smallest absolute Gasteiger partial charge is 0.411 e. The molecular weight excluding hydrogens is 1080 g/mol. The zero-order valence-electron chi connectivity index (χ0n) is 51.4. The monoisotopic (exact) mass is 1160 g/mol. The van der Waals surface area contributed by atoms with Gasteiger partial charge in [0.05, 0.1) is 81.6 Å². The van der Waals surface area contributed by atoms with Gasteiger partial charge in [-0.1, -0.05) is 75.7 Å². The van der Waals surface area contributed by atoms with Crippen LogP contribution in [0.3, 0.4) is 0 Å². The van der Waals surface area contributed by atoms with Gasteiger partial charge in [-0.25, -0.2) is 19.3 Å². The van der Waals surface area contributed by atoms with E-state index in [9.17, 15) is 0 Å². The molecule has 3 saturated heterocycles. The van der Waals surface area contributed by atoms with Gasteiger partial charge in [-0.3, -0.25) is 0 Å². The van der Waals surface area contributed by atoms with Gasteiger partial charge < -0.3 is 36.8 Å². The minimum absolute atomic E-state index is 0.157. The van der Waals surface area contributed by atoms with E-state index in [1.54, 1.807) is 0 Å². The summed E-state index contributed by atoms with van der Waals surface area (Å²) in [5, 5.41) is 11.7. The molecule has 3 fully saturated rings. The van der Waals surface area contributed by atoms with E-state index in [0.717, 1.165) is 60.3 Å². The highest BCUT2D eigenvalue weighted by molar-refractivity contribution is 9.10. The van der Waals surface area contributed by atoms with Crippen LogP contribution in [0, 0.1) is 13.8 Å². The van der Waals surface area contributed by atoms with E-state index >= 15 is 0 Å². The Morgan fingerprint density at radius 3 is 1.24 bits per heavy atom. The molecule has 0 bridgehead atoms. The fraction of sp³-hybridized carbons (Fsp3) is 0.586. The summed E-state index contributed by atoms with van der Waals surface area (Å²) in [7, 11) is -5.05. The summed E-state index contributed by atoms with van der Waals surface area (Å²) in [5.74, 6) is 1.59. The predicted molar refractivity (Wildman–Crippen MR) is 327 cm³/mol. The molecular formula is C58H88B3BrN6O8Si2. The molecule has 6 aromatic rings. The van der Waals surface area contributed by atoms with Crippen LogP contribution in [0.5, 0.6) is 0 Å². The third kappa shape index (κ3) is 12.9. The first-order chi connectivity index (χ1) is 35.6. The molecule has 0 radical (unpaired) electrons. The quantitative estimate of drug-likeness (QED) is 0.121. The summed E-state index contributed by atoms with van der Waals surface area (Å²) in [4.78, 5) is 9.68. The van der Waals surface area contributed by atoms with Crippen LogP contribution in [0.15, 0.2) is 77.5 Å². The lowest BCUT2D eigenvalue weighted by Gasteiger charge is -2.36. The molecule has 0 N–H and O–H groups in total. The molecule has 14 nitrogen and oxygen atoms in total. The normalized spacial score (nSPS) is 19.5. The van der Waals surface area contributed by atoms with Crippen molar-refractivity contribution in [2.24, 2.45) is 0 Å². The Labute approximate surface area is 477 Å². The average Bonchev–Trinajstić information content (AvgIpc) is 4.08. The minimum Gasteiger partial charge on any atom is -0.411 e. The van der Waals surface area contributed by atoms with Gasteiger partial charge in [-0.05, 0) is 192 Å². The van der Waals surface area contributed by atoms with E-state index in [0.29, 0.717) is 13.2 Å². The summed E-state index contributed by atoms with van der Waals surface area (Å²) in [6.45, 7) is 52.2. The Bertz CT molecular complexity index is 3050.